The first kappa shape index (κ1) is 13.8. The van der Waals surface area contributed by atoms with E-state index in [-0.39, 0.29) is 18.2 Å². The van der Waals surface area contributed by atoms with E-state index in [1.807, 2.05) is 11.7 Å². The molecule has 0 radical (unpaired) electrons. The number of carboxylic acids is 1. The SMILES string of the molecule is Cn1nc(-c2ccc(F)cc2)c2c1CCCC2CC(=O)O. The van der Waals surface area contributed by atoms with Gasteiger partial charge in [0.05, 0.1) is 12.1 Å². The van der Waals surface area contributed by atoms with E-state index in [0.717, 1.165) is 41.8 Å². The molecule has 0 saturated carbocycles. The minimum Gasteiger partial charge on any atom is -0.481 e. The number of benzene rings is 1. The van der Waals surface area contributed by atoms with Gasteiger partial charge in [0, 0.05) is 23.9 Å². The minimum atomic E-state index is -0.790. The Morgan fingerprint density at radius 2 is 2.14 bits per heavy atom. The van der Waals surface area contributed by atoms with E-state index in [2.05, 4.69) is 5.10 Å². The quantitative estimate of drug-likeness (QED) is 0.944. The number of carbonyl (C=O) groups is 1. The Bertz CT molecular complexity index is 676. The summed E-state index contributed by atoms with van der Waals surface area (Å²) in [5.41, 5.74) is 3.76. The summed E-state index contributed by atoms with van der Waals surface area (Å²) in [5.74, 6) is -1.09. The van der Waals surface area contributed by atoms with Gasteiger partial charge in [-0.2, -0.15) is 5.10 Å². The smallest absolute Gasteiger partial charge is 0.303 e. The summed E-state index contributed by atoms with van der Waals surface area (Å²) in [7, 11) is 1.88. The lowest BCUT2D eigenvalue weighted by molar-refractivity contribution is -0.137. The van der Waals surface area contributed by atoms with Crippen molar-refractivity contribution in [2.45, 2.75) is 31.6 Å². The normalized spacial score (nSPS) is 17.5. The van der Waals surface area contributed by atoms with Crippen LogP contribution in [-0.2, 0) is 18.3 Å². The zero-order valence-electron chi connectivity index (χ0n) is 11.8. The highest BCUT2D eigenvalue weighted by molar-refractivity contribution is 5.71. The summed E-state index contributed by atoms with van der Waals surface area (Å²) in [5, 5.41) is 13.7. The Hall–Kier alpha value is -2.17. The van der Waals surface area contributed by atoms with E-state index in [1.165, 1.54) is 12.1 Å². The molecule has 3 rings (SSSR count). The molecule has 1 N–H and O–H groups in total. The maximum atomic E-state index is 13.1. The van der Waals surface area contributed by atoms with Crippen molar-refractivity contribution in [3.05, 3.63) is 41.3 Å². The van der Waals surface area contributed by atoms with E-state index >= 15 is 0 Å². The molecule has 1 aliphatic carbocycles. The largest absolute Gasteiger partial charge is 0.481 e. The highest BCUT2D eigenvalue weighted by Gasteiger charge is 2.29. The summed E-state index contributed by atoms with van der Waals surface area (Å²) in [6.07, 6.45) is 2.87. The predicted molar refractivity (Wildman–Crippen MR) is 76.5 cm³/mol. The molecular weight excluding hydrogens is 271 g/mol. The van der Waals surface area contributed by atoms with Crippen LogP contribution in [0.1, 0.15) is 36.4 Å². The van der Waals surface area contributed by atoms with Crippen molar-refractivity contribution < 1.29 is 14.3 Å². The van der Waals surface area contributed by atoms with Gasteiger partial charge in [-0.15, -0.1) is 0 Å². The molecule has 21 heavy (non-hydrogen) atoms. The first-order chi connectivity index (χ1) is 10.1. The standard InChI is InChI=1S/C16H17FN2O2/c1-19-13-4-2-3-11(9-14(20)21)15(13)16(18-19)10-5-7-12(17)8-6-10/h5-8,11H,2-4,9H2,1H3,(H,20,21). The fourth-order valence-electron chi connectivity index (χ4n) is 3.20. The predicted octanol–water partition coefficient (Wildman–Crippen LogP) is 3.12. The third kappa shape index (κ3) is 2.55. The zero-order chi connectivity index (χ0) is 15.0. The van der Waals surface area contributed by atoms with Gasteiger partial charge in [-0.05, 0) is 49.4 Å². The van der Waals surface area contributed by atoms with Crippen molar-refractivity contribution >= 4 is 5.97 Å². The van der Waals surface area contributed by atoms with Gasteiger partial charge in [0.1, 0.15) is 5.82 Å². The Kier molecular flexibility index (Phi) is 3.49. The molecule has 1 aliphatic rings. The van der Waals surface area contributed by atoms with Gasteiger partial charge < -0.3 is 5.11 Å². The van der Waals surface area contributed by atoms with Crippen LogP contribution in [0.15, 0.2) is 24.3 Å². The van der Waals surface area contributed by atoms with Crippen LogP contribution in [0.5, 0.6) is 0 Å². The summed E-state index contributed by atoms with van der Waals surface area (Å²) in [6.45, 7) is 0. The molecular formula is C16H17FN2O2. The van der Waals surface area contributed by atoms with Gasteiger partial charge in [-0.1, -0.05) is 0 Å². The molecule has 1 atom stereocenters. The van der Waals surface area contributed by atoms with E-state index in [9.17, 15) is 9.18 Å². The molecule has 0 bridgehead atoms. The van der Waals surface area contributed by atoms with Crippen molar-refractivity contribution in [2.75, 3.05) is 0 Å². The van der Waals surface area contributed by atoms with Crippen LogP contribution in [-0.4, -0.2) is 20.9 Å². The molecule has 2 aromatic rings. The highest BCUT2D eigenvalue weighted by Crippen LogP contribution is 2.40. The van der Waals surface area contributed by atoms with Gasteiger partial charge in [0.15, 0.2) is 0 Å². The van der Waals surface area contributed by atoms with Gasteiger partial charge in [0.25, 0.3) is 0 Å². The lowest BCUT2D eigenvalue weighted by Gasteiger charge is -2.22. The Morgan fingerprint density at radius 3 is 2.81 bits per heavy atom. The van der Waals surface area contributed by atoms with E-state index in [4.69, 9.17) is 5.11 Å². The minimum absolute atomic E-state index is 0.0139. The zero-order valence-corrected chi connectivity index (χ0v) is 11.8. The van der Waals surface area contributed by atoms with Gasteiger partial charge in [-0.3, -0.25) is 9.48 Å². The van der Waals surface area contributed by atoms with Crippen LogP contribution in [0.25, 0.3) is 11.3 Å². The summed E-state index contributed by atoms with van der Waals surface area (Å²) in [6, 6.07) is 6.21. The number of carboxylic acid groups (broad SMARTS) is 1. The van der Waals surface area contributed by atoms with Crippen molar-refractivity contribution in [3.8, 4) is 11.3 Å². The maximum absolute atomic E-state index is 13.1. The Morgan fingerprint density at radius 1 is 1.43 bits per heavy atom. The van der Waals surface area contributed by atoms with Crippen molar-refractivity contribution in [1.29, 1.82) is 0 Å². The Balaban J connectivity index is 2.10. The molecule has 1 heterocycles. The number of aromatic nitrogens is 2. The van der Waals surface area contributed by atoms with Crippen LogP contribution in [0.3, 0.4) is 0 Å². The van der Waals surface area contributed by atoms with Gasteiger partial charge in [-0.25, -0.2) is 4.39 Å². The number of fused-ring (bicyclic) bond motifs is 1. The van der Waals surface area contributed by atoms with Gasteiger partial charge >= 0.3 is 5.97 Å². The first-order valence-corrected chi connectivity index (χ1v) is 7.09. The molecule has 1 aromatic carbocycles. The molecule has 1 unspecified atom stereocenters. The number of aryl methyl sites for hydroxylation is 1. The second-order valence-electron chi connectivity index (χ2n) is 5.53. The van der Waals surface area contributed by atoms with E-state index in [0.29, 0.717) is 0 Å². The molecule has 0 spiro atoms. The fourth-order valence-corrected chi connectivity index (χ4v) is 3.20. The second kappa shape index (κ2) is 5.31. The molecule has 5 heteroatoms. The summed E-state index contributed by atoms with van der Waals surface area (Å²) < 4.78 is 14.9. The van der Waals surface area contributed by atoms with Crippen molar-refractivity contribution in [1.82, 2.24) is 9.78 Å². The summed E-state index contributed by atoms with van der Waals surface area (Å²) >= 11 is 0. The van der Waals surface area contributed by atoms with E-state index < -0.39 is 5.97 Å². The van der Waals surface area contributed by atoms with Crippen molar-refractivity contribution in [3.63, 3.8) is 0 Å². The average molecular weight is 288 g/mol. The number of halogens is 1. The van der Waals surface area contributed by atoms with E-state index in [1.54, 1.807) is 12.1 Å². The number of nitrogens with zero attached hydrogens (tertiary/aromatic N) is 2. The van der Waals surface area contributed by atoms with Crippen LogP contribution in [0, 0.1) is 5.82 Å². The number of aliphatic carboxylic acids is 1. The third-order valence-corrected chi connectivity index (χ3v) is 4.12. The number of hydrogen-bond acceptors (Lipinski definition) is 2. The monoisotopic (exact) mass is 288 g/mol. The average Bonchev–Trinajstić information content (AvgIpc) is 2.78. The van der Waals surface area contributed by atoms with Crippen LogP contribution in [0.4, 0.5) is 4.39 Å². The summed E-state index contributed by atoms with van der Waals surface area (Å²) in [4.78, 5) is 11.1. The van der Waals surface area contributed by atoms with Crippen molar-refractivity contribution in [2.24, 2.45) is 7.05 Å². The van der Waals surface area contributed by atoms with Crippen LogP contribution in [0.2, 0.25) is 0 Å². The Labute approximate surface area is 122 Å². The molecule has 0 aliphatic heterocycles. The first-order valence-electron chi connectivity index (χ1n) is 7.09. The lowest BCUT2D eigenvalue weighted by Crippen LogP contribution is -2.14. The molecule has 4 nitrogen and oxygen atoms in total. The lowest BCUT2D eigenvalue weighted by atomic mass is 9.82. The number of hydrogen-bond donors (Lipinski definition) is 1. The molecule has 0 fully saturated rings. The highest BCUT2D eigenvalue weighted by atomic mass is 19.1. The van der Waals surface area contributed by atoms with Crippen LogP contribution >= 0.6 is 0 Å². The fraction of sp³-hybridized carbons (Fsp3) is 0.375. The molecule has 1 aromatic heterocycles. The topological polar surface area (TPSA) is 55.1 Å². The molecule has 110 valence electrons. The molecule has 0 amide bonds. The maximum Gasteiger partial charge on any atom is 0.303 e. The van der Waals surface area contributed by atoms with Gasteiger partial charge in [0.2, 0.25) is 0 Å². The van der Waals surface area contributed by atoms with Crippen LogP contribution < -0.4 is 0 Å². The second-order valence-corrected chi connectivity index (χ2v) is 5.53. The third-order valence-electron chi connectivity index (χ3n) is 4.12. The number of rotatable bonds is 3. The molecule has 0 saturated heterocycles.